The number of carbonyl (C=O) groups excluding carboxylic acids is 1. The first-order chi connectivity index (χ1) is 8.34. The van der Waals surface area contributed by atoms with Crippen LogP contribution in [0.15, 0.2) is 17.1 Å². The second-order valence-corrected chi connectivity index (χ2v) is 4.90. The fraction of sp³-hybridized carbons (Fsp3) is 0.333. The molecule has 0 radical (unpaired) electrons. The van der Waals surface area contributed by atoms with Gasteiger partial charge >= 0.3 is 0 Å². The lowest BCUT2D eigenvalue weighted by Crippen LogP contribution is -2.18. The van der Waals surface area contributed by atoms with Crippen LogP contribution in [0.3, 0.4) is 0 Å². The van der Waals surface area contributed by atoms with Gasteiger partial charge in [0.2, 0.25) is 0 Å². The van der Waals surface area contributed by atoms with Crippen LogP contribution in [0.4, 0.5) is 0 Å². The van der Waals surface area contributed by atoms with Gasteiger partial charge in [-0.1, -0.05) is 6.07 Å². The van der Waals surface area contributed by atoms with Crippen molar-refractivity contribution in [3.63, 3.8) is 0 Å². The first-order valence-corrected chi connectivity index (χ1v) is 5.95. The lowest BCUT2D eigenvalue weighted by molar-refractivity contribution is 0.101. The molecule has 0 aliphatic carbocycles. The molecular weight excluding hydrogens is 226 g/mol. The molecule has 1 heterocycles. The molecule has 0 spiro atoms. The van der Waals surface area contributed by atoms with Gasteiger partial charge in [0.05, 0.1) is 11.1 Å². The molecule has 3 heteroatoms. The fourth-order valence-electron chi connectivity index (χ4n) is 2.51. The molecule has 2 aromatic rings. The number of carbonyl (C=O) groups is 1. The van der Waals surface area contributed by atoms with Crippen LogP contribution >= 0.6 is 0 Å². The minimum absolute atomic E-state index is 0.153. The maximum absolute atomic E-state index is 12.4. The molecule has 2 rings (SSSR count). The third-order valence-electron chi connectivity index (χ3n) is 3.54. The minimum Gasteiger partial charge on any atom is -0.349 e. The van der Waals surface area contributed by atoms with E-state index < -0.39 is 0 Å². The van der Waals surface area contributed by atoms with E-state index in [-0.39, 0.29) is 16.8 Å². The maximum Gasteiger partial charge on any atom is 0.200 e. The molecule has 94 valence electrons. The van der Waals surface area contributed by atoms with Crippen LogP contribution in [-0.4, -0.2) is 10.4 Å². The Kier molecular flexibility index (Phi) is 2.85. The molecule has 3 nitrogen and oxygen atoms in total. The standard InChI is InChI=1S/C15H17NO2/c1-8-6-9(2)14-13(10(8)3)15(18)12(11(4)17)7-16(14)5/h6-7H,1-5H3. The summed E-state index contributed by atoms with van der Waals surface area (Å²) in [7, 11) is 1.87. The van der Waals surface area contributed by atoms with Crippen LogP contribution in [-0.2, 0) is 7.05 Å². The maximum atomic E-state index is 12.4. The van der Waals surface area contributed by atoms with Gasteiger partial charge in [0.25, 0.3) is 0 Å². The molecule has 0 fully saturated rings. The van der Waals surface area contributed by atoms with Gasteiger partial charge in [-0.2, -0.15) is 0 Å². The molecular formula is C15H17NO2. The molecule has 0 aliphatic rings. The highest BCUT2D eigenvalue weighted by atomic mass is 16.1. The topological polar surface area (TPSA) is 39.1 Å². The number of Topliss-reactive ketones (excluding diaryl/α,β-unsaturated/α-hetero) is 1. The van der Waals surface area contributed by atoms with Crippen molar-refractivity contribution in [1.82, 2.24) is 4.57 Å². The molecule has 0 saturated heterocycles. The van der Waals surface area contributed by atoms with Gasteiger partial charge in [-0.3, -0.25) is 9.59 Å². The molecule has 18 heavy (non-hydrogen) atoms. The summed E-state index contributed by atoms with van der Waals surface area (Å²) in [5.74, 6) is -0.184. The normalized spacial score (nSPS) is 10.9. The van der Waals surface area contributed by atoms with Crippen molar-refractivity contribution in [2.75, 3.05) is 0 Å². The summed E-state index contributed by atoms with van der Waals surface area (Å²) in [6, 6.07) is 2.07. The minimum atomic E-state index is -0.184. The summed E-state index contributed by atoms with van der Waals surface area (Å²) < 4.78 is 1.87. The summed E-state index contributed by atoms with van der Waals surface area (Å²) in [6.07, 6.45) is 1.63. The number of rotatable bonds is 1. The number of ketones is 1. The van der Waals surface area contributed by atoms with E-state index in [1.807, 2.05) is 32.4 Å². The highest BCUT2D eigenvalue weighted by Gasteiger charge is 2.15. The Morgan fingerprint density at radius 3 is 2.33 bits per heavy atom. The zero-order valence-corrected chi connectivity index (χ0v) is 11.4. The smallest absolute Gasteiger partial charge is 0.200 e. The third-order valence-corrected chi connectivity index (χ3v) is 3.54. The first kappa shape index (κ1) is 12.6. The zero-order chi connectivity index (χ0) is 13.6. The van der Waals surface area contributed by atoms with E-state index in [0.717, 1.165) is 22.2 Å². The number of nitrogens with zero attached hydrogens (tertiary/aromatic N) is 1. The lowest BCUT2D eigenvalue weighted by Gasteiger charge is -2.14. The largest absolute Gasteiger partial charge is 0.349 e. The molecule has 1 aromatic carbocycles. The van der Waals surface area contributed by atoms with E-state index in [0.29, 0.717) is 5.39 Å². The molecule has 0 bridgehead atoms. The summed E-state index contributed by atoms with van der Waals surface area (Å²) >= 11 is 0. The summed E-state index contributed by atoms with van der Waals surface area (Å²) in [6.45, 7) is 7.34. The van der Waals surface area contributed by atoms with Gasteiger partial charge in [0.15, 0.2) is 11.2 Å². The van der Waals surface area contributed by atoms with E-state index >= 15 is 0 Å². The SMILES string of the molecule is CC(=O)c1cn(C)c2c(C)cc(C)c(C)c2c1=O. The van der Waals surface area contributed by atoms with Crippen molar-refractivity contribution >= 4 is 16.7 Å². The Labute approximate surface area is 106 Å². The van der Waals surface area contributed by atoms with Crippen molar-refractivity contribution in [2.45, 2.75) is 27.7 Å². The van der Waals surface area contributed by atoms with Crippen LogP contribution in [0, 0.1) is 20.8 Å². The average Bonchev–Trinajstić information content (AvgIpc) is 2.28. The van der Waals surface area contributed by atoms with Gasteiger partial charge < -0.3 is 4.57 Å². The first-order valence-electron chi connectivity index (χ1n) is 5.95. The third kappa shape index (κ3) is 1.67. The van der Waals surface area contributed by atoms with Gasteiger partial charge in [-0.05, 0) is 44.4 Å². The van der Waals surface area contributed by atoms with Gasteiger partial charge in [0, 0.05) is 18.6 Å². The number of aromatic nitrogens is 1. The fourth-order valence-corrected chi connectivity index (χ4v) is 2.51. The van der Waals surface area contributed by atoms with Crippen LogP contribution in [0.5, 0.6) is 0 Å². The van der Waals surface area contributed by atoms with Crippen LogP contribution in [0.2, 0.25) is 0 Å². The number of pyridine rings is 1. The van der Waals surface area contributed by atoms with Crippen molar-refractivity contribution in [3.8, 4) is 0 Å². The van der Waals surface area contributed by atoms with Crippen LogP contribution in [0.25, 0.3) is 10.9 Å². The van der Waals surface area contributed by atoms with Crippen molar-refractivity contribution in [2.24, 2.45) is 7.05 Å². The van der Waals surface area contributed by atoms with Crippen LogP contribution < -0.4 is 5.43 Å². The number of fused-ring (bicyclic) bond motifs is 1. The van der Waals surface area contributed by atoms with Crippen molar-refractivity contribution < 1.29 is 4.79 Å². The molecule has 0 unspecified atom stereocenters. The number of aryl methyl sites for hydroxylation is 4. The monoisotopic (exact) mass is 243 g/mol. The van der Waals surface area contributed by atoms with Crippen molar-refractivity contribution in [3.05, 3.63) is 44.7 Å². The van der Waals surface area contributed by atoms with Crippen LogP contribution in [0.1, 0.15) is 34.0 Å². The second-order valence-electron chi connectivity index (χ2n) is 4.90. The van der Waals surface area contributed by atoms with Crippen molar-refractivity contribution in [1.29, 1.82) is 0 Å². The van der Waals surface area contributed by atoms with Gasteiger partial charge in [-0.25, -0.2) is 0 Å². The van der Waals surface area contributed by atoms with Gasteiger partial charge in [0.1, 0.15) is 0 Å². The zero-order valence-electron chi connectivity index (χ0n) is 11.4. The Morgan fingerprint density at radius 1 is 1.17 bits per heavy atom. The highest BCUT2D eigenvalue weighted by Crippen LogP contribution is 2.22. The Morgan fingerprint density at radius 2 is 1.78 bits per heavy atom. The lowest BCUT2D eigenvalue weighted by atomic mass is 9.98. The predicted molar refractivity (Wildman–Crippen MR) is 73.4 cm³/mol. The van der Waals surface area contributed by atoms with E-state index in [1.165, 1.54) is 6.92 Å². The highest BCUT2D eigenvalue weighted by molar-refractivity contribution is 5.98. The average molecular weight is 243 g/mol. The molecule has 0 atom stereocenters. The van der Waals surface area contributed by atoms with E-state index in [1.54, 1.807) is 6.20 Å². The molecule has 0 saturated carbocycles. The summed E-state index contributed by atoms with van der Waals surface area (Å²) in [4.78, 5) is 23.9. The van der Waals surface area contributed by atoms with E-state index in [4.69, 9.17) is 0 Å². The summed E-state index contributed by atoms with van der Waals surface area (Å²) in [5.41, 5.74) is 4.12. The number of hydrogen-bond donors (Lipinski definition) is 0. The Bertz CT molecular complexity index is 724. The Hall–Kier alpha value is -1.90. The second kappa shape index (κ2) is 4.09. The molecule has 0 aliphatic heterocycles. The van der Waals surface area contributed by atoms with E-state index in [2.05, 4.69) is 6.07 Å². The van der Waals surface area contributed by atoms with Gasteiger partial charge in [-0.15, -0.1) is 0 Å². The predicted octanol–water partition coefficient (Wildman–Crippen LogP) is 2.67. The number of benzene rings is 1. The molecule has 0 amide bonds. The Balaban J connectivity index is 3.14. The quantitative estimate of drug-likeness (QED) is 0.722. The number of hydrogen-bond acceptors (Lipinski definition) is 2. The van der Waals surface area contributed by atoms with E-state index in [9.17, 15) is 9.59 Å². The summed E-state index contributed by atoms with van der Waals surface area (Å²) in [5, 5.41) is 0.669. The molecule has 0 N–H and O–H groups in total. The molecule has 1 aromatic heterocycles.